The monoisotopic (exact) mass is 290 g/mol. The molecule has 1 aromatic rings. The molecule has 0 heterocycles. The standard InChI is InChI=1S/C16H19Br/c17-15-3-1-14(2-4-15)16-8-11-5-12(9-16)7-13(6-11)10-16/h1-4,11-13H,5-10H2. The van der Waals surface area contributed by atoms with Crippen LogP contribution in [0.3, 0.4) is 0 Å². The summed E-state index contributed by atoms with van der Waals surface area (Å²) >= 11 is 3.56. The molecular formula is C16H19Br. The minimum absolute atomic E-state index is 0.565. The number of rotatable bonds is 1. The van der Waals surface area contributed by atoms with E-state index in [1.165, 1.54) is 43.0 Å². The second-order valence-corrected chi connectivity index (χ2v) is 7.62. The molecule has 1 heteroatoms. The van der Waals surface area contributed by atoms with Crippen LogP contribution in [0.25, 0.3) is 0 Å². The van der Waals surface area contributed by atoms with Crippen LogP contribution in [0.5, 0.6) is 0 Å². The quantitative estimate of drug-likeness (QED) is 0.689. The van der Waals surface area contributed by atoms with E-state index in [2.05, 4.69) is 40.2 Å². The molecule has 0 N–H and O–H groups in total. The normalized spacial score (nSPS) is 43.0. The second-order valence-electron chi connectivity index (χ2n) is 6.70. The van der Waals surface area contributed by atoms with Crippen molar-refractivity contribution in [2.24, 2.45) is 17.8 Å². The van der Waals surface area contributed by atoms with Crippen molar-refractivity contribution in [3.8, 4) is 0 Å². The second kappa shape index (κ2) is 3.60. The van der Waals surface area contributed by atoms with E-state index in [4.69, 9.17) is 0 Å². The number of benzene rings is 1. The molecule has 0 amide bonds. The van der Waals surface area contributed by atoms with Crippen molar-refractivity contribution < 1.29 is 0 Å². The van der Waals surface area contributed by atoms with Crippen LogP contribution in [-0.2, 0) is 5.41 Å². The molecule has 0 aliphatic heterocycles. The van der Waals surface area contributed by atoms with Crippen LogP contribution in [0, 0.1) is 17.8 Å². The topological polar surface area (TPSA) is 0 Å². The van der Waals surface area contributed by atoms with Gasteiger partial charge in [0.15, 0.2) is 0 Å². The predicted molar refractivity (Wildman–Crippen MR) is 74.0 cm³/mol. The highest BCUT2D eigenvalue weighted by molar-refractivity contribution is 9.10. The summed E-state index contributed by atoms with van der Waals surface area (Å²) in [5.74, 6) is 3.14. The summed E-state index contributed by atoms with van der Waals surface area (Å²) in [5.41, 5.74) is 2.19. The number of halogens is 1. The zero-order chi connectivity index (χ0) is 11.5. The van der Waals surface area contributed by atoms with Gasteiger partial charge in [-0.05, 0) is 79.4 Å². The lowest BCUT2D eigenvalue weighted by molar-refractivity contribution is -0.00519. The third-order valence-electron chi connectivity index (χ3n) is 5.49. The zero-order valence-corrected chi connectivity index (χ0v) is 11.7. The molecule has 0 spiro atoms. The first kappa shape index (κ1) is 10.6. The minimum atomic E-state index is 0.565. The number of hydrogen-bond acceptors (Lipinski definition) is 0. The Morgan fingerprint density at radius 1 is 0.824 bits per heavy atom. The Labute approximate surface area is 112 Å². The summed E-state index contributed by atoms with van der Waals surface area (Å²) in [5, 5.41) is 0. The van der Waals surface area contributed by atoms with Crippen LogP contribution < -0.4 is 0 Å². The largest absolute Gasteiger partial charge is 0.0574 e. The molecule has 5 rings (SSSR count). The molecule has 0 saturated heterocycles. The van der Waals surface area contributed by atoms with Crippen molar-refractivity contribution in [1.29, 1.82) is 0 Å². The Bertz CT molecular complexity index is 396. The van der Waals surface area contributed by atoms with Crippen molar-refractivity contribution in [3.05, 3.63) is 34.3 Å². The van der Waals surface area contributed by atoms with Gasteiger partial charge in [-0.3, -0.25) is 0 Å². The fourth-order valence-corrected chi connectivity index (χ4v) is 5.53. The maximum Gasteiger partial charge on any atom is 0.0175 e. The Morgan fingerprint density at radius 2 is 1.29 bits per heavy atom. The van der Waals surface area contributed by atoms with E-state index in [9.17, 15) is 0 Å². The van der Waals surface area contributed by atoms with Gasteiger partial charge in [0.1, 0.15) is 0 Å². The molecule has 0 atom stereocenters. The first-order valence-electron chi connectivity index (χ1n) is 7.00. The van der Waals surface area contributed by atoms with Crippen LogP contribution in [0.15, 0.2) is 28.7 Å². The third kappa shape index (κ3) is 1.62. The summed E-state index contributed by atoms with van der Waals surface area (Å²) in [6, 6.07) is 9.20. The van der Waals surface area contributed by atoms with Gasteiger partial charge in [0.2, 0.25) is 0 Å². The van der Waals surface area contributed by atoms with Gasteiger partial charge in [-0.2, -0.15) is 0 Å². The highest BCUT2D eigenvalue weighted by Crippen LogP contribution is 2.60. The van der Waals surface area contributed by atoms with Gasteiger partial charge in [0.25, 0.3) is 0 Å². The Hall–Kier alpha value is -0.300. The van der Waals surface area contributed by atoms with E-state index < -0.39 is 0 Å². The molecule has 17 heavy (non-hydrogen) atoms. The zero-order valence-electron chi connectivity index (χ0n) is 10.2. The van der Waals surface area contributed by atoms with Crippen molar-refractivity contribution in [2.45, 2.75) is 43.9 Å². The van der Waals surface area contributed by atoms with Gasteiger partial charge < -0.3 is 0 Å². The van der Waals surface area contributed by atoms with Gasteiger partial charge in [0, 0.05) is 4.47 Å². The molecule has 4 bridgehead atoms. The maximum absolute atomic E-state index is 3.56. The lowest BCUT2D eigenvalue weighted by Crippen LogP contribution is -2.48. The fraction of sp³-hybridized carbons (Fsp3) is 0.625. The van der Waals surface area contributed by atoms with Crippen LogP contribution in [0.1, 0.15) is 44.1 Å². The summed E-state index contributed by atoms with van der Waals surface area (Å²) in [7, 11) is 0. The first-order valence-corrected chi connectivity index (χ1v) is 7.79. The maximum atomic E-state index is 3.56. The van der Waals surface area contributed by atoms with Crippen molar-refractivity contribution in [1.82, 2.24) is 0 Å². The Balaban J connectivity index is 1.74. The van der Waals surface area contributed by atoms with Crippen molar-refractivity contribution in [2.75, 3.05) is 0 Å². The molecule has 90 valence electrons. The Morgan fingerprint density at radius 3 is 1.76 bits per heavy atom. The van der Waals surface area contributed by atoms with E-state index in [0.29, 0.717) is 5.41 Å². The van der Waals surface area contributed by atoms with E-state index in [1.807, 2.05) is 0 Å². The Kier molecular flexibility index (Phi) is 2.25. The molecule has 0 radical (unpaired) electrons. The minimum Gasteiger partial charge on any atom is -0.0574 e. The van der Waals surface area contributed by atoms with Gasteiger partial charge in [-0.1, -0.05) is 28.1 Å². The molecular weight excluding hydrogens is 272 g/mol. The summed E-state index contributed by atoms with van der Waals surface area (Å²) in [4.78, 5) is 0. The third-order valence-corrected chi connectivity index (χ3v) is 6.02. The first-order chi connectivity index (χ1) is 8.23. The van der Waals surface area contributed by atoms with Crippen LogP contribution in [0.4, 0.5) is 0 Å². The highest BCUT2D eigenvalue weighted by atomic mass is 79.9. The molecule has 0 nitrogen and oxygen atoms in total. The summed E-state index contributed by atoms with van der Waals surface area (Å²) < 4.78 is 1.21. The molecule has 4 saturated carbocycles. The average Bonchev–Trinajstić information content (AvgIpc) is 2.27. The molecule has 4 aliphatic carbocycles. The van der Waals surface area contributed by atoms with Crippen LogP contribution >= 0.6 is 15.9 Å². The molecule has 0 unspecified atom stereocenters. The highest BCUT2D eigenvalue weighted by Gasteiger charge is 2.51. The molecule has 0 aromatic heterocycles. The predicted octanol–water partition coefficient (Wildman–Crippen LogP) is 4.92. The van der Waals surface area contributed by atoms with Gasteiger partial charge in [-0.15, -0.1) is 0 Å². The van der Waals surface area contributed by atoms with Crippen molar-refractivity contribution in [3.63, 3.8) is 0 Å². The smallest absolute Gasteiger partial charge is 0.0175 e. The molecule has 1 aromatic carbocycles. The van der Waals surface area contributed by atoms with Gasteiger partial charge in [0.05, 0.1) is 0 Å². The molecule has 4 fully saturated rings. The fourth-order valence-electron chi connectivity index (χ4n) is 5.27. The van der Waals surface area contributed by atoms with Gasteiger partial charge in [-0.25, -0.2) is 0 Å². The van der Waals surface area contributed by atoms with Crippen molar-refractivity contribution >= 4 is 15.9 Å². The van der Waals surface area contributed by atoms with E-state index >= 15 is 0 Å². The molecule has 4 aliphatic rings. The van der Waals surface area contributed by atoms with Crippen LogP contribution in [-0.4, -0.2) is 0 Å². The lowest BCUT2D eigenvalue weighted by atomic mass is 9.48. The number of hydrogen-bond donors (Lipinski definition) is 0. The van der Waals surface area contributed by atoms with Gasteiger partial charge >= 0.3 is 0 Å². The van der Waals surface area contributed by atoms with Crippen LogP contribution in [0.2, 0.25) is 0 Å². The van der Waals surface area contributed by atoms with E-state index in [1.54, 1.807) is 5.56 Å². The van der Waals surface area contributed by atoms with E-state index in [0.717, 1.165) is 17.8 Å². The summed E-state index contributed by atoms with van der Waals surface area (Å²) in [6.07, 6.45) is 9.03. The average molecular weight is 291 g/mol. The lowest BCUT2D eigenvalue weighted by Gasteiger charge is -2.57. The summed E-state index contributed by atoms with van der Waals surface area (Å²) in [6.45, 7) is 0. The SMILES string of the molecule is Brc1ccc(C23CC4CC(CC(C4)C2)C3)cc1. The van der Waals surface area contributed by atoms with E-state index in [-0.39, 0.29) is 0 Å².